The number of nitrogens with zero attached hydrogens (tertiary/aromatic N) is 1. The van der Waals surface area contributed by atoms with Crippen LogP contribution in [0.3, 0.4) is 0 Å². The number of rotatable bonds is 60. The standard InChI is InChI=1S/C69H127N2O7P/c1-7-10-13-16-19-22-25-28-30-32-34-35-37-38-40-43-46-49-52-55-58-61-68(72)70-66(65-77-79(74,75)76-64-63-71(4,5)6)67(60-57-54-51-48-45-42-27-24-21-18-15-12-9-3)78-69(73)62-59-56-53-50-47-44-41-39-36-33-31-29-26-23-20-17-14-11-8-2/h11,14,20,23,29,31,36,39,44,47,57,60,66-67H,7-10,12-13,15-19,21-22,24-28,30,32-35,37-38,40-43,45-46,48-56,58-59,61-65H2,1-6H3,(H-,70,72,74,75)/b14-11-,23-20-,31-29-,39-36-,47-44-,60-57+. The Morgan fingerprint density at radius 2 is 0.810 bits per heavy atom. The highest BCUT2D eigenvalue weighted by Crippen LogP contribution is 2.38. The van der Waals surface area contributed by atoms with Crippen molar-refractivity contribution in [3.8, 4) is 0 Å². The molecule has 0 heterocycles. The molecule has 460 valence electrons. The topological polar surface area (TPSA) is 114 Å². The summed E-state index contributed by atoms with van der Waals surface area (Å²) in [5.41, 5.74) is 0. The van der Waals surface area contributed by atoms with Crippen molar-refractivity contribution in [3.05, 3.63) is 72.9 Å². The van der Waals surface area contributed by atoms with Crippen molar-refractivity contribution in [1.82, 2.24) is 5.32 Å². The summed E-state index contributed by atoms with van der Waals surface area (Å²) >= 11 is 0. The number of hydrogen-bond acceptors (Lipinski definition) is 7. The molecule has 0 bridgehead atoms. The largest absolute Gasteiger partial charge is 0.756 e. The molecule has 0 aromatic carbocycles. The Bertz CT molecular complexity index is 1580. The third-order valence-corrected chi connectivity index (χ3v) is 15.6. The highest BCUT2D eigenvalue weighted by atomic mass is 31.2. The van der Waals surface area contributed by atoms with Crippen molar-refractivity contribution in [2.45, 2.75) is 315 Å². The summed E-state index contributed by atoms with van der Waals surface area (Å²) in [5.74, 6) is -0.569. The van der Waals surface area contributed by atoms with Gasteiger partial charge in [-0.1, -0.05) is 287 Å². The number of esters is 1. The number of likely N-dealkylation sites (N-methyl/N-ethyl adjacent to an activating group) is 1. The molecule has 1 N–H and O–H groups in total. The van der Waals surface area contributed by atoms with Gasteiger partial charge in [0.05, 0.1) is 33.8 Å². The van der Waals surface area contributed by atoms with Crippen molar-refractivity contribution in [3.63, 3.8) is 0 Å². The minimum Gasteiger partial charge on any atom is -0.756 e. The van der Waals surface area contributed by atoms with E-state index in [1.165, 1.54) is 173 Å². The lowest BCUT2D eigenvalue weighted by atomic mass is 10.0. The van der Waals surface area contributed by atoms with Crippen LogP contribution in [0.15, 0.2) is 72.9 Å². The van der Waals surface area contributed by atoms with Gasteiger partial charge in [0.15, 0.2) is 0 Å². The molecule has 0 rings (SSSR count). The van der Waals surface area contributed by atoms with Gasteiger partial charge >= 0.3 is 5.97 Å². The number of carbonyl (C=O) groups is 2. The smallest absolute Gasteiger partial charge is 0.306 e. The third kappa shape index (κ3) is 59.9. The number of hydrogen-bond donors (Lipinski definition) is 1. The Morgan fingerprint density at radius 1 is 0.456 bits per heavy atom. The average Bonchev–Trinajstić information content (AvgIpc) is 3.41. The number of nitrogens with one attached hydrogen (secondary N) is 1. The first-order valence-electron chi connectivity index (χ1n) is 33.2. The fourth-order valence-electron chi connectivity index (χ4n) is 9.55. The van der Waals surface area contributed by atoms with Gasteiger partial charge in [0, 0.05) is 12.8 Å². The van der Waals surface area contributed by atoms with Crippen LogP contribution in [0.1, 0.15) is 303 Å². The minimum atomic E-state index is -4.71. The average molecular weight is 1130 g/mol. The quantitative estimate of drug-likeness (QED) is 0.0212. The Balaban J connectivity index is 5.24. The van der Waals surface area contributed by atoms with Crippen molar-refractivity contribution >= 4 is 19.7 Å². The van der Waals surface area contributed by atoms with Gasteiger partial charge in [-0.25, -0.2) is 0 Å². The molecule has 0 saturated carbocycles. The van der Waals surface area contributed by atoms with E-state index in [1.54, 1.807) is 0 Å². The summed E-state index contributed by atoms with van der Waals surface area (Å²) < 4.78 is 30.4. The number of amides is 1. The normalized spacial score (nSPS) is 14.1. The molecule has 0 aromatic rings. The fourth-order valence-corrected chi connectivity index (χ4v) is 10.3. The summed E-state index contributed by atoms with van der Waals surface area (Å²) in [6.45, 7) is 6.74. The maximum Gasteiger partial charge on any atom is 0.306 e. The molecule has 0 fully saturated rings. The Labute approximate surface area is 489 Å². The minimum absolute atomic E-state index is 0.0286. The lowest BCUT2D eigenvalue weighted by Crippen LogP contribution is -2.47. The Hall–Kier alpha value is -2.55. The SMILES string of the molecule is CC/C=C\C/C=C\C/C=C\C/C=C\C/C=C\CCCCCC(=O)OC(/C=C/CCCCCCCCCCCCC)C(COP(=O)([O-])OCC[N+](C)(C)C)NC(=O)CCCCCCCCCCCCCCCCCCCCCCC. The molecular formula is C69H127N2O7P. The first kappa shape index (κ1) is 76.5. The van der Waals surface area contributed by atoms with Gasteiger partial charge in [-0.15, -0.1) is 0 Å². The molecule has 0 aliphatic carbocycles. The zero-order valence-electron chi connectivity index (χ0n) is 52.6. The molecule has 0 saturated heterocycles. The second-order valence-electron chi connectivity index (χ2n) is 23.6. The maximum absolute atomic E-state index is 13.6. The van der Waals surface area contributed by atoms with Crippen LogP contribution in [0.25, 0.3) is 0 Å². The van der Waals surface area contributed by atoms with Crippen molar-refractivity contribution in [1.29, 1.82) is 0 Å². The van der Waals surface area contributed by atoms with Crippen LogP contribution < -0.4 is 10.2 Å². The number of unbranched alkanes of at least 4 members (excludes halogenated alkanes) is 34. The molecule has 0 spiro atoms. The molecule has 9 nitrogen and oxygen atoms in total. The van der Waals surface area contributed by atoms with Gasteiger partial charge < -0.3 is 28.5 Å². The van der Waals surface area contributed by atoms with Crippen LogP contribution in [0.5, 0.6) is 0 Å². The lowest BCUT2D eigenvalue weighted by Gasteiger charge is -2.30. The van der Waals surface area contributed by atoms with Gasteiger partial charge in [-0.05, 0) is 76.7 Å². The molecule has 79 heavy (non-hydrogen) atoms. The molecule has 10 heteroatoms. The molecular weight excluding hydrogens is 1000 g/mol. The first-order chi connectivity index (χ1) is 38.4. The molecule has 0 aliphatic heterocycles. The zero-order valence-corrected chi connectivity index (χ0v) is 53.5. The number of phosphoric ester groups is 1. The monoisotopic (exact) mass is 1130 g/mol. The second-order valence-corrected chi connectivity index (χ2v) is 25.0. The summed E-state index contributed by atoms with van der Waals surface area (Å²) in [5, 5.41) is 3.03. The third-order valence-electron chi connectivity index (χ3n) is 14.7. The van der Waals surface area contributed by atoms with E-state index in [1.807, 2.05) is 33.3 Å². The highest BCUT2D eigenvalue weighted by Gasteiger charge is 2.27. The lowest BCUT2D eigenvalue weighted by molar-refractivity contribution is -0.870. The number of ether oxygens (including phenoxy) is 1. The van der Waals surface area contributed by atoms with Crippen LogP contribution in [0, 0.1) is 0 Å². The fraction of sp³-hybridized carbons (Fsp3) is 0.797. The summed E-state index contributed by atoms with van der Waals surface area (Å²) in [6.07, 6.45) is 75.9. The number of quaternary nitrogens is 1. The van der Waals surface area contributed by atoms with Crippen LogP contribution in [-0.2, 0) is 27.9 Å². The van der Waals surface area contributed by atoms with Crippen LogP contribution in [-0.4, -0.2) is 69.4 Å². The van der Waals surface area contributed by atoms with Crippen LogP contribution >= 0.6 is 7.82 Å². The van der Waals surface area contributed by atoms with Gasteiger partial charge in [0.1, 0.15) is 19.3 Å². The van der Waals surface area contributed by atoms with E-state index < -0.39 is 26.6 Å². The molecule has 0 radical (unpaired) electrons. The zero-order chi connectivity index (χ0) is 57.9. The van der Waals surface area contributed by atoms with Crippen LogP contribution in [0.2, 0.25) is 0 Å². The number of allylic oxidation sites excluding steroid dienone is 11. The van der Waals surface area contributed by atoms with E-state index in [9.17, 15) is 19.0 Å². The van der Waals surface area contributed by atoms with E-state index in [0.717, 1.165) is 89.9 Å². The van der Waals surface area contributed by atoms with Gasteiger partial charge in [-0.3, -0.25) is 14.2 Å². The Kier molecular flexibility index (Phi) is 56.7. The number of carbonyl (C=O) groups excluding carboxylic acids is 2. The van der Waals surface area contributed by atoms with E-state index >= 15 is 0 Å². The molecule has 0 aromatic heterocycles. The van der Waals surface area contributed by atoms with Crippen LogP contribution in [0.4, 0.5) is 0 Å². The van der Waals surface area contributed by atoms with E-state index in [4.69, 9.17) is 13.8 Å². The van der Waals surface area contributed by atoms with Gasteiger partial charge in [0.2, 0.25) is 5.91 Å². The summed E-state index contributed by atoms with van der Waals surface area (Å²) in [4.78, 5) is 40.1. The molecule has 1 amide bonds. The Morgan fingerprint density at radius 3 is 1.23 bits per heavy atom. The molecule has 3 atom stereocenters. The summed E-state index contributed by atoms with van der Waals surface area (Å²) in [6, 6.07) is -0.903. The molecule has 0 aliphatic rings. The highest BCUT2D eigenvalue weighted by molar-refractivity contribution is 7.45. The van der Waals surface area contributed by atoms with Gasteiger partial charge in [0.25, 0.3) is 7.82 Å². The predicted octanol–water partition coefficient (Wildman–Crippen LogP) is 20.2. The second kappa shape index (κ2) is 58.6. The maximum atomic E-state index is 13.6. The summed E-state index contributed by atoms with van der Waals surface area (Å²) in [7, 11) is 1.17. The van der Waals surface area contributed by atoms with Gasteiger partial charge in [-0.2, -0.15) is 0 Å². The van der Waals surface area contributed by atoms with E-state index in [-0.39, 0.29) is 24.9 Å². The predicted molar refractivity (Wildman–Crippen MR) is 339 cm³/mol. The van der Waals surface area contributed by atoms with Crippen molar-refractivity contribution < 1.29 is 37.3 Å². The van der Waals surface area contributed by atoms with Crippen molar-refractivity contribution in [2.75, 3.05) is 40.9 Å². The van der Waals surface area contributed by atoms with Crippen molar-refractivity contribution in [2.24, 2.45) is 0 Å². The van der Waals surface area contributed by atoms with E-state index in [2.05, 4.69) is 86.8 Å². The number of phosphoric acid groups is 1. The molecule has 3 unspecified atom stereocenters. The van der Waals surface area contributed by atoms with E-state index in [0.29, 0.717) is 23.9 Å². The first-order valence-corrected chi connectivity index (χ1v) is 34.7.